The van der Waals surface area contributed by atoms with Gasteiger partial charge in [-0.2, -0.15) is 0 Å². The molecule has 3 rings (SSSR count). The normalized spacial score (nSPS) is 22.2. The second kappa shape index (κ2) is 7.45. The Hall–Kier alpha value is -1.78. The molecular weight excluding hydrogens is 342 g/mol. The molecule has 0 bridgehead atoms. The van der Waals surface area contributed by atoms with Gasteiger partial charge in [0.1, 0.15) is 6.23 Å². The first kappa shape index (κ1) is 19.0. The molecule has 2 unspecified atom stereocenters. The van der Waals surface area contributed by atoms with Crippen LogP contribution < -0.4 is 0 Å². The van der Waals surface area contributed by atoms with E-state index in [1.807, 2.05) is 74.5 Å². The Balaban J connectivity index is 2.05. The molecule has 2 aromatic rings. The van der Waals surface area contributed by atoms with Gasteiger partial charge in [0.2, 0.25) is 5.91 Å². The van der Waals surface area contributed by atoms with Gasteiger partial charge in [0.25, 0.3) is 0 Å². The lowest BCUT2D eigenvalue weighted by molar-refractivity contribution is -0.144. The van der Waals surface area contributed by atoms with Crippen LogP contribution in [0.1, 0.15) is 44.7 Å². The highest BCUT2D eigenvalue weighted by Gasteiger charge is 2.51. The topological polar surface area (TPSA) is 40.5 Å². The van der Waals surface area contributed by atoms with Gasteiger partial charge in [-0.15, -0.1) is 11.8 Å². The van der Waals surface area contributed by atoms with E-state index in [1.165, 1.54) is 0 Å². The molecule has 138 valence electrons. The Kier molecular flexibility index (Phi) is 5.44. The van der Waals surface area contributed by atoms with E-state index in [0.717, 1.165) is 11.1 Å². The van der Waals surface area contributed by atoms with E-state index < -0.39 is 12.1 Å². The summed E-state index contributed by atoms with van der Waals surface area (Å²) in [6, 6.07) is 19.7. The van der Waals surface area contributed by atoms with Crippen LogP contribution >= 0.6 is 11.8 Å². The van der Waals surface area contributed by atoms with Crippen LogP contribution in [0.15, 0.2) is 60.7 Å². The Morgan fingerprint density at radius 2 is 1.46 bits per heavy atom. The number of amides is 1. The van der Waals surface area contributed by atoms with E-state index in [9.17, 15) is 9.90 Å². The number of hydrogen-bond donors (Lipinski definition) is 1. The first-order chi connectivity index (χ1) is 12.3. The predicted octanol–water partition coefficient (Wildman–Crippen LogP) is 4.47. The first-order valence-electron chi connectivity index (χ1n) is 9.11. The lowest BCUT2D eigenvalue weighted by atomic mass is 9.89. The summed E-state index contributed by atoms with van der Waals surface area (Å²) in [5, 5.41) is 10.9. The molecule has 2 aromatic carbocycles. The van der Waals surface area contributed by atoms with Crippen LogP contribution in [-0.2, 0) is 4.79 Å². The minimum atomic E-state index is -0.803. The molecule has 0 aliphatic carbocycles. The van der Waals surface area contributed by atoms with Gasteiger partial charge in [-0.05, 0) is 30.9 Å². The molecule has 1 saturated heterocycles. The summed E-state index contributed by atoms with van der Waals surface area (Å²) in [4.78, 5) is 15.4. The molecule has 0 aromatic heterocycles. The fraction of sp³-hybridized carbons (Fsp3) is 0.409. The smallest absolute Gasteiger partial charge is 0.237 e. The number of benzene rings is 2. The number of aliphatic hydroxyl groups is 1. The van der Waals surface area contributed by atoms with Gasteiger partial charge in [-0.25, -0.2) is 0 Å². The van der Waals surface area contributed by atoms with Crippen LogP contribution in [0.3, 0.4) is 0 Å². The van der Waals surface area contributed by atoms with Crippen LogP contribution in [0.4, 0.5) is 0 Å². The number of hydrogen-bond acceptors (Lipinski definition) is 3. The summed E-state index contributed by atoms with van der Waals surface area (Å²) in [5.74, 6) is -0.193. The molecule has 0 saturated carbocycles. The first-order valence-corrected chi connectivity index (χ1v) is 9.99. The number of aliphatic hydroxyl groups excluding tert-OH is 1. The zero-order chi connectivity index (χ0) is 18.9. The zero-order valence-electron chi connectivity index (χ0n) is 15.8. The van der Waals surface area contributed by atoms with Gasteiger partial charge >= 0.3 is 0 Å². The minimum Gasteiger partial charge on any atom is -0.372 e. The molecule has 0 spiro atoms. The summed E-state index contributed by atoms with van der Waals surface area (Å²) in [6.07, 6.45) is -0.803. The minimum absolute atomic E-state index is 0.0355. The standard InChI is InChI=1S/C22H27NO2S/c1-15(2)20-23(21(25)22(3,4)26-20)19(24)18(16-11-7-5-8-12-16)17-13-9-6-10-14-17/h5-15,18,20-21,25H,1-4H3. The van der Waals surface area contributed by atoms with E-state index in [2.05, 4.69) is 13.8 Å². The van der Waals surface area contributed by atoms with Gasteiger partial charge in [0, 0.05) is 0 Å². The molecule has 1 heterocycles. The summed E-state index contributed by atoms with van der Waals surface area (Å²) < 4.78 is -0.386. The van der Waals surface area contributed by atoms with E-state index in [-0.39, 0.29) is 21.9 Å². The SMILES string of the molecule is CC(C)C1SC(C)(C)C(O)N1C(=O)C(c1ccccc1)c1ccccc1. The van der Waals surface area contributed by atoms with Crippen molar-refractivity contribution in [1.82, 2.24) is 4.90 Å². The van der Waals surface area contributed by atoms with Crippen molar-refractivity contribution in [3.05, 3.63) is 71.8 Å². The second-order valence-corrected chi connectivity index (χ2v) is 9.50. The van der Waals surface area contributed by atoms with Crippen LogP contribution in [0.2, 0.25) is 0 Å². The number of nitrogens with zero attached hydrogens (tertiary/aromatic N) is 1. The molecule has 1 aliphatic heterocycles. The number of carbonyl (C=O) groups excluding carboxylic acids is 1. The van der Waals surface area contributed by atoms with Crippen molar-refractivity contribution in [3.63, 3.8) is 0 Å². The molecule has 0 radical (unpaired) electrons. The van der Waals surface area contributed by atoms with E-state index >= 15 is 0 Å². The molecule has 26 heavy (non-hydrogen) atoms. The van der Waals surface area contributed by atoms with Crippen molar-refractivity contribution >= 4 is 17.7 Å². The maximum atomic E-state index is 13.7. The van der Waals surface area contributed by atoms with E-state index in [0.29, 0.717) is 0 Å². The average Bonchev–Trinajstić information content (AvgIpc) is 2.87. The maximum absolute atomic E-state index is 13.7. The highest BCUT2D eigenvalue weighted by atomic mass is 32.2. The lowest BCUT2D eigenvalue weighted by Gasteiger charge is -2.33. The molecule has 2 atom stereocenters. The van der Waals surface area contributed by atoms with Crippen LogP contribution in [-0.4, -0.2) is 32.3 Å². The van der Waals surface area contributed by atoms with Crippen molar-refractivity contribution < 1.29 is 9.90 Å². The van der Waals surface area contributed by atoms with Crippen LogP contribution in [0, 0.1) is 5.92 Å². The summed E-state index contributed by atoms with van der Waals surface area (Å²) in [7, 11) is 0. The Bertz CT molecular complexity index is 706. The quantitative estimate of drug-likeness (QED) is 0.864. The fourth-order valence-corrected chi connectivity index (χ4v) is 4.99. The highest BCUT2D eigenvalue weighted by molar-refractivity contribution is 8.01. The van der Waals surface area contributed by atoms with E-state index in [4.69, 9.17) is 0 Å². The van der Waals surface area contributed by atoms with Crippen molar-refractivity contribution in [2.75, 3.05) is 0 Å². The molecule has 1 amide bonds. The van der Waals surface area contributed by atoms with Gasteiger partial charge < -0.3 is 10.0 Å². The summed E-state index contributed by atoms with van der Waals surface area (Å²) >= 11 is 1.68. The average molecular weight is 370 g/mol. The molecule has 3 nitrogen and oxygen atoms in total. The molecular formula is C22H27NO2S. The molecule has 1 aliphatic rings. The third-order valence-corrected chi connectivity index (χ3v) is 6.75. The molecule has 4 heteroatoms. The second-order valence-electron chi connectivity index (χ2n) is 7.73. The Morgan fingerprint density at radius 3 is 1.88 bits per heavy atom. The van der Waals surface area contributed by atoms with Crippen molar-refractivity contribution in [2.45, 2.75) is 50.0 Å². The Labute approximate surface area is 160 Å². The Morgan fingerprint density at radius 1 is 1.00 bits per heavy atom. The van der Waals surface area contributed by atoms with Gasteiger partial charge in [0.15, 0.2) is 0 Å². The summed E-state index contributed by atoms with van der Waals surface area (Å²) in [6.45, 7) is 8.22. The molecule has 1 fully saturated rings. The monoisotopic (exact) mass is 369 g/mol. The van der Waals surface area contributed by atoms with Gasteiger partial charge in [-0.1, -0.05) is 74.5 Å². The van der Waals surface area contributed by atoms with E-state index in [1.54, 1.807) is 16.7 Å². The van der Waals surface area contributed by atoms with Crippen LogP contribution in [0.5, 0.6) is 0 Å². The number of thioether (sulfide) groups is 1. The third-order valence-electron chi connectivity index (χ3n) is 4.92. The zero-order valence-corrected chi connectivity index (χ0v) is 16.6. The third kappa shape index (κ3) is 3.53. The summed E-state index contributed by atoms with van der Waals surface area (Å²) in [5.41, 5.74) is 1.90. The van der Waals surface area contributed by atoms with Gasteiger partial charge in [0.05, 0.1) is 16.0 Å². The highest BCUT2D eigenvalue weighted by Crippen LogP contribution is 2.47. The largest absolute Gasteiger partial charge is 0.372 e. The van der Waals surface area contributed by atoms with Crippen molar-refractivity contribution in [2.24, 2.45) is 5.92 Å². The van der Waals surface area contributed by atoms with Crippen molar-refractivity contribution in [3.8, 4) is 0 Å². The van der Waals surface area contributed by atoms with Crippen molar-refractivity contribution in [1.29, 1.82) is 0 Å². The van der Waals surface area contributed by atoms with Gasteiger partial charge in [-0.3, -0.25) is 4.79 Å². The lowest BCUT2D eigenvalue weighted by Crippen LogP contribution is -2.49. The maximum Gasteiger partial charge on any atom is 0.237 e. The predicted molar refractivity (Wildman–Crippen MR) is 108 cm³/mol. The number of carbonyl (C=O) groups is 1. The molecule has 1 N–H and O–H groups in total. The number of rotatable bonds is 4. The fourth-order valence-electron chi connectivity index (χ4n) is 3.52. The van der Waals surface area contributed by atoms with Crippen LogP contribution in [0.25, 0.3) is 0 Å².